The number of rotatable bonds is 1. The smallest absolute Gasteiger partial charge is 0.163 e. The molecule has 128 valence electrons. The predicted octanol–water partition coefficient (Wildman–Crippen LogP) is 4.80. The average Bonchev–Trinajstić information content (AvgIpc) is 2.70. The molecule has 0 unspecified atom stereocenters. The van der Waals surface area contributed by atoms with Crippen molar-refractivity contribution < 1.29 is 13.6 Å². The summed E-state index contributed by atoms with van der Waals surface area (Å²) in [6, 6.07) is 10.4. The van der Waals surface area contributed by atoms with E-state index in [4.69, 9.17) is 0 Å². The zero-order valence-corrected chi connectivity index (χ0v) is 13.8. The van der Waals surface area contributed by atoms with Crippen LogP contribution in [-0.2, 0) is 4.79 Å². The van der Waals surface area contributed by atoms with Gasteiger partial charge in [-0.25, -0.2) is 8.78 Å². The molecule has 0 saturated carbocycles. The third kappa shape index (κ3) is 2.90. The number of carbonyl (C=O) groups excluding carboxylic acids is 1. The monoisotopic (exact) mass is 340 g/mol. The summed E-state index contributed by atoms with van der Waals surface area (Å²) in [5.41, 5.74) is 3.46. The Bertz CT molecular complexity index is 871. The van der Waals surface area contributed by atoms with E-state index in [1.165, 1.54) is 12.1 Å². The number of halogens is 2. The van der Waals surface area contributed by atoms with Gasteiger partial charge in [0, 0.05) is 23.8 Å². The minimum atomic E-state index is -0.652. The molecule has 3 nitrogen and oxygen atoms in total. The zero-order chi connectivity index (χ0) is 17.6. The van der Waals surface area contributed by atoms with E-state index >= 15 is 0 Å². The predicted molar refractivity (Wildman–Crippen MR) is 93.2 cm³/mol. The molecule has 1 aliphatic carbocycles. The van der Waals surface area contributed by atoms with Gasteiger partial charge in [-0.05, 0) is 42.2 Å². The molecule has 2 aromatic rings. The van der Waals surface area contributed by atoms with Crippen molar-refractivity contribution in [3.8, 4) is 0 Å². The summed E-state index contributed by atoms with van der Waals surface area (Å²) in [7, 11) is 0. The van der Waals surface area contributed by atoms with E-state index in [0.717, 1.165) is 29.6 Å². The molecule has 0 bridgehead atoms. The number of ketones is 1. The third-order valence-electron chi connectivity index (χ3n) is 4.73. The van der Waals surface area contributed by atoms with E-state index in [1.54, 1.807) is 0 Å². The summed E-state index contributed by atoms with van der Waals surface area (Å²) >= 11 is 0. The third-order valence-corrected chi connectivity index (χ3v) is 4.73. The Hall–Kier alpha value is -2.69. The maximum Gasteiger partial charge on any atom is 0.163 e. The van der Waals surface area contributed by atoms with Gasteiger partial charge in [0.2, 0.25) is 0 Å². The summed E-state index contributed by atoms with van der Waals surface area (Å²) in [6.45, 7) is 2.03. The summed E-state index contributed by atoms with van der Waals surface area (Å²) < 4.78 is 27.6. The minimum Gasteiger partial charge on any atom is -0.372 e. The van der Waals surface area contributed by atoms with Crippen molar-refractivity contribution in [2.24, 2.45) is 5.92 Å². The molecule has 2 N–H and O–H groups in total. The van der Waals surface area contributed by atoms with Crippen LogP contribution in [0.15, 0.2) is 53.7 Å². The van der Waals surface area contributed by atoms with Gasteiger partial charge in [-0.15, -0.1) is 0 Å². The maximum absolute atomic E-state index is 13.8. The fourth-order valence-corrected chi connectivity index (χ4v) is 3.68. The molecule has 0 radical (unpaired) electrons. The van der Waals surface area contributed by atoms with Crippen LogP contribution in [0.5, 0.6) is 0 Å². The number of benzene rings is 2. The first kappa shape index (κ1) is 15.8. The molecular formula is C20H18F2N2O. The highest BCUT2D eigenvalue weighted by Gasteiger charge is 2.34. The first-order valence-corrected chi connectivity index (χ1v) is 8.36. The van der Waals surface area contributed by atoms with E-state index in [2.05, 4.69) is 10.6 Å². The highest BCUT2D eigenvalue weighted by Crippen LogP contribution is 2.41. The van der Waals surface area contributed by atoms with Gasteiger partial charge >= 0.3 is 0 Å². The van der Waals surface area contributed by atoms with E-state index in [0.29, 0.717) is 17.6 Å². The summed E-state index contributed by atoms with van der Waals surface area (Å²) in [5, 5.41) is 6.66. The SMILES string of the molecule is C[C@@H]1CC(=O)C2=C(C1)Nc1ccccc1N[C@@H]2c1cc(F)cc(F)c1. The van der Waals surface area contributed by atoms with Crippen LogP contribution < -0.4 is 10.6 Å². The highest BCUT2D eigenvalue weighted by atomic mass is 19.1. The van der Waals surface area contributed by atoms with Crippen LogP contribution in [0, 0.1) is 17.6 Å². The first-order valence-electron chi connectivity index (χ1n) is 8.36. The minimum absolute atomic E-state index is 0.0104. The Morgan fingerprint density at radius 3 is 2.40 bits per heavy atom. The Balaban J connectivity index is 1.90. The van der Waals surface area contributed by atoms with E-state index in [1.807, 2.05) is 31.2 Å². The fraction of sp³-hybridized carbons (Fsp3) is 0.250. The van der Waals surface area contributed by atoms with Crippen molar-refractivity contribution in [1.82, 2.24) is 0 Å². The van der Waals surface area contributed by atoms with Crippen LogP contribution >= 0.6 is 0 Å². The van der Waals surface area contributed by atoms with E-state index in [9.17, 15) is 13.6 Å². The Morgan fingerprint density at radius 1 is 1.00 bits per heavy atom. The summed E-state index contributed by atoms with van der Waals surface area (Å²) in [4.78, 5) is 12.8. The van der Waals surface area contributed by atoms with Crippen molar-refractivity contribution in [3.05, 3.63) is 70.9 Å². The summed E-state index contributed by atoms with van der Waals surface area (Å²) in [5.74, 6) is -1.06. The quantitative estimate of drug-likeness (QED) is 0.784. The number of carbonyl (C=O) groups is 1. The number of Topliss-reactive ketones (excluding diaryl/α,β-unsaturated/α-hetero) is 1. The van der Waals surface area contributed by atoms with Crippen molar-refractivity contribution in [2.75, 3.05) is 10.6 Å². The molecule has 1 aliphatic heterocycles. The second-order valence-electron chi connectivity index (χ2n) is 6.78. The second-order valence-corrected chi connectivity index (χ2v) is 6.78. The molecule has 4 rings (SSSR count). The standard InChI is InChI=1S/C20H18F2N2O/c1-11-6-17-19(18(25)7-11)20(12-8-13(21)10-14(22)9-12)24-16-5-3-2-4-15(16)23-17/h2-5,8-11,20,23-24H,6-7H2,1H3/t11-,20+/m0/s1. The molecule has 2 atom stereocenters. The molecule has 0 aromatic heterocycles. The van der Waals surface area contributed by atoms with Gasteiger partial charge in [-0.2, -0.15) is 0 Å². The second kappa shape index (κ2) is 5.99. The topological polar surface area (TPSA) is 41.1 Å². The Morgan fingerprint density at radius 2 is 1.68 bits per heavy atom. The van der Waals surface area contributed by atoms with Crippen LogP contribution in [0.25, 0.3) is 0 Å². The van der Waals surface area contributed by atoms with Crippen molar-refractivity contribution in [2.45, 2.75) is 25.8 Å². The Kier molecular flexibility index (Phi) is 3.79. The molecule has 2 aromatic carbocycles. The molecule has 0 saturated heterocycles. The van der Waals surface area contributed by atoms with Crippen molar-refractivity contribution in [3.63, 3.8) is 0 Å². The van der Waals surface area contributed by atoms with Gasteiger partial charge in [0.25, 0.3) is 0 Å². The van der Waals surface area contributed by atoms with Crippen LogP contribution in [-0.4, -0.2) is 5.78 Å². The number of hydrogen-bond acceptors (Lipinski definition) is 3. The van der Waals surface area contributed by atoms with Gasteiger partial charge in [-0.3, -0.25) is 4.79 Å². The average molecular weight is 340 g/mol. The van der Waals surface area contributed by atoms with Crippen LogP contribution in [0.3, 0.4) is 0 Å². The van der Waals surface area contributed by atoms with Gasteiger partial charge in [0.05, 0.1) is 17.4 Å². The highest BCUT2D eigenvalue weighted by molar-refractivity contribution is 6.00. The molecule has 0 spiro atoms. The zero-order valence-electron chi connectivity index (χ0n) is 13.8. The Labute approximate surface area is 144 Å². The molecule has 25 heavy (non-hydrogen) atoms. The van der Waals surface area contributed by atoms with Crippen LogP contribution in [0.2, 0.25) is 0 Å². The lowest BCUT2D eigenvalue weighted by Crippen LogP contribution is -2.26. The van der Waals surface area contributed by atoms with Crippen LogP contribution in [0.1, 0.15) is 31.4 Å². The summed E-state index contributed by atoms with van der Waals surface area (Å²) in [6.07, 6.45) is 1.16. The largest absolute Gasteiger partial charge is 0.372 e. The number of fused-ring (bicyclic) bond motifs is 1. The molecular weight excluding hydrogens is 322 g/mol. The molecule has 1 heterocycles. The van der Waals surface area contributed by atoms with Crippen molar-refractivity contribution in [1.29, 1.82) is 0 Å². The number of anilines is 2. The molecule has 2 aliphatic rings. The fourth-order valence-electron chi connectivity index (χ4n) is 3.68. The maximum atomic E-state index is 13.8. The number of allylic oxidation sites excluding steroid dienone is 1. The molecule has 0 fully saturated rings. The van der Waals surface area contributed by atoms with E-state index < -0.39 is 17.7 Å². The lowest BCUT2D eigenvalue weighted by Gasteiger charge is -2.28. The van der Waals surface area contributed by atoms with Crippen molar-refractivity contribution >= 4 is 17.2 Å². The first-order chi connectivity index (χ1) is 12.0. The number of nitrogens with one attached hydrogen (secondary N) is 2. The van der Waals surface area contributed by atoms with Gasteiger partial charge in [-0.1, -0.05) is 19.1 Å². The number of hydrogen-bond donors (Lipinski definition) is 2. The number of para-hydroxylation sites is 2. The lowest BCUT2D eigenvalue weighted by molar-refractivity contribution is -0.117. The van der Waals surface area contributed by atoms with Gasteiger partial charge in [0.1, 0.15) is 11.6 Å². The van der Waals surface area contributed by atoms with E-state index in [-0.39, 0.29) is 11.7 Å². The normalized spacial score (nSPS) is 22.4. The molecule has 5 heteroatoms. The molecule has 0 amide bonds. The van der Waals surface area contributed by atoms with Gasteiger partial charge < -0.3 is 10.6 Å². The van der Waals surface area contributed by atoms with Gasteiger partial charge in [0.15, 0.2) is 5.78 Å². The lowest BCUT2D eigenvalue weighted by atomic mass is 9.82. The van der Waals surface area contributed by atoms with Crippen LogP contribution in [0.4, 0.5) is 20.2 Å².